The minimum Gasteiger partial charge on any atom is -0.383 e. The molecule has 7 heteroatoms. The first kappa shape index (κ1) is 15.9. The van der Waals surface area contributed by atoms with Crippen LogP contribution in [-0.2, 0) is 10.0 Å². The van der Waals surface area contributed by atoms with E-state index in [1.54, 1.807) is 6.07 Å². The molecule has 1 aromatic rings. The summed E-state index contributed by atoms with van der Waals surface area (Å²) in [5, 5.41) is 0. The van der Waals surface area contributed by atoms with Gasteiger partial charge < -0.3 is 10.6 Å². The predicted molar refractivity (Wildman–Crippen MR) is 76.2 cm³/mol. The molecule has 0 radical (unpaired) electrons. The standard InChI is InChI=1S/C12H22N4O2S/c1-12(2,9-16(3)4)8-15-19(17,18)10-6-5-7-14-11(10)13/h5-7,15H,8-9H2,1-4H3,(H2,13,14). The Hall–Kier alpha value is -1.18. The molecule has 0 bridgehead atoms. The number of aromatic nitrogens is 1. The van der Waals surface area contributed by atoms with Crippen LogP contribution in [0.5, 0.6) is 0 Å². The fourth-order valence-electron chi connectivity index (χ4n) is 1.91. The highest BCUT2D eigenvalue weighted by molar-refractivity contribution is 7.89. The van der Waals surface area contributed by atoms with E-state index in [0.29, 0.717) is 6.54 Å². The van der Waals surface area contributed by atoms with E-state index >= 15 is 0 Å². The number of hydrogen-bond donors (Lipinski definition) is 2. The van der Waals surface area contributed by atoms with Crippen molar-refractivity contribution >= 4 is 15.8 Å². The van der Waals surface area contributed by atoms with Gasteiger partial charge in [0, 0.05) is 19.3 Å². The summed E-state index contributed by atoms with van der Waals surface area (Å²) in [7, 11) is 0.291. The number of anilines is 1. The van der Waals surface area contributed by atoms with Gasteiger partial charge in [-0.1, -0.05) is 13.8 Å². The van der Waals surface area contributed by atoms with E-state index in [1.165, 1.54) is 12.3 Å². The van der Waals surface area contributed by atoms with Crippen molar-refractivity contribution in [2.45, 2.75) is 18.7 Å². The monoisotopic (exact) mass is 286 g/mol. The van der Waals surface area contributed by atoms with Crippen molar-refractivity contribution in [1.29, 1.82) is 0 Å². The average molecular weight is 286 g/mol. The maximum atomic E-state index is 12.1. The van der Waals surface area contributed by atoms with E-state index in [1.807, 2.05) is 32.8 Å². The third-order valence-electron chi connectivity index (χ3n) is 2.57. The van der Waals surface area contributed by atoms with Gasteiger partial charge in [-0.2, -0.15) is 0 Å². The van der Waals surface area contributed by atoms with Gasteiger partial charge in [-0.3, -0.25) is 0 Å². The Balaban J connectivity index is 2.80. The predicted octanol–water partition coefficient (Wildman–Crippen LogP) is 0.530. The van der Waals surface area contributed by atoms with Crippen LogP contribution in [0.2, 0.25) is 0 Å². The van der Waals surface area contributed by atoms with Gasteiger partial charge in [0.1, 0.15) is 10.7 Å². The van der Waals surface area contributed by atoms with Crippen molar-refractivity contribution in [1.82, 2.24) is 14.6 Å². The molecule has 108 valence electrons. The van der Waals surface area contributed by atoms with Crippen LogP contribution in [0.3, 0.4) is 0 Å². The molecular formula is C12H22N4O2S. The Bertz CT molecular complexity index is 526. The third kappa shape index (κ3) is 4.77. The van der Waals surface area contributed by atoms with Gasteiger partial charge in [0.15, 0.2) is 0 Å². The summed E-state index contributed by atoms with van der Waals surface area (Å²) in [5.41, 5.74) is 5.42. The summed E-state index contributed by atoms with van der Waals surface area (Å²) in [5.74, 6) is 0.0143. The van der Waals surface area contributed by atoms with Gasteiger partial charge in [-0.15, -0.1) is 0 Å². The van der Waals surface area contributed by atoms with Crippen LogP contribution in [0.1, 0.15) is 13.8 Å². The molecule has 1 aromatic heterocycles. The maximum Gasteiger partial charge on any atom is 0.244 e. The Morgan fingerprint density at radius 3 is 2.58 bits per heavy atom. The van der Waals surface area contributed by atoms with Gasteiger partial charge in [-0.25, -0.2) is 18.1 Å². The molecule has 0 aromatic carbocycles. The minimum absolute atomic E-state index is 0.0143. The van der Waals surface area contributed by atoms with Crippen molar-refractivity contribution < 1.29 is 8.42 Å². The molecule has 0 aliphatic heterocycles. The van der Waals surface area contributed by atoms with E-state index in [9.17, 15) is 8.42 Å². The fraction of sp³-hybridized carbons (Fsp3) is 0.583. The SMILES string of the molecule is CN(C)CC(C)(C)CNS(=O)(=O)c1cccnc1N. The minimum atomic E-state index is -3.62. The van der Waals surface area contributed by atoms with Crippen LogP contribution < -0.4 is 10.5 Å². The summed E-state index contributed by atoms with van der Waals surface area (Å²) in [4.78, 5) is 5.83. The van der Waals surface area contributed by atoms with Crippen LogP contribution in [0.25, 0.3) is 0 Å². The number of nitrogens with zero attached hydrogens (tertiary/aromatic N) is 2. The van der Waals surface area contributed by atoms with Gasteiger partial charge in [0.25, 0.3) is 0 Å². The number of rotatable bonds is 6. The Labute approximate surface area is 115 Å². The zero-order valence-electron chi connectivity index (χ0n) is 11.8. The molecule has 0 unspecified atom stereocenters. The first-order valence-electron chi connectivity index (χ1n) is 5.99. The highest BCUT2D eigenvalue weighted by atomic mass is 32.2. The molecular weight excluding hydrogens is 264 g/mol. The van der Waals surface area contributed by atoms with Gasteiger partial charge in [0.05, 0.1) is 0 Å². The van der Waals surface area contributed by atoms with Crippen molar-refractivity contribution in [2.75, 3.05) is 32.9 Å². The largest absolute Gasteiger partial charge is 0.383 e. The lowest BCUT2D eigenvalue weighted by molar-refractivity contribution is 0.242. The quantitative estimate of drug-likeness (QED) is 0.796. The van der Waals surface area contributed by atoms with Crippen LogP contribution in [0.15, 0.2) is 23.2 Å². The highest BCUT2D eigenvalue weighted by Gasteiger charge is 2.24. The zero-order chi connectivity index (χ0) is 14.7. The molecule has 3 N–H and O–H groups in total. The zero-order valence-corrected chi connectivity index (χ0v) is 12.7. The third-order valence-corrected chi connectivity index (χ3v) is 4.02. The summed E-state index contributed by atoms with van der Waals surface area (Å²) in [6, 6.07) is 3.00. The number of sulfonamides is 1. The maximum absolute atomic E-state index is 12.1. The van der Waals surface area contributed by atoms with Crippen molar-refractivity contribution in [3.63, 3.8) is 0 Å². The Kier molecular flexibility index (Phi) is 4.89. The summed E-state index contributed by atoms with van der Waals surface area (Å²) < 4.78 is 26.9. The van der Waals surface area contributed by atoms with Crippen molar-refractivity contribution in [2.24, 2.45) is 5.41 Å². The second-order valence-electron chi connectivity index (χ2n) is 5.61. The van der Waals surface area contributed by atoms with Crippen molar-refractivity contribution in [3.8, 4) is 0 Å². The van der Waals surface area contributed by atoms with E-state index in [2.05, 4.69) is 9.71 Å². The molecule has 0 spiro atoms. The van der Waals surface area contributed by atoms with Crippen LogP contribution >= 0.6 is 0 Å². The molecule has 0 saturated carbocycles. The number of hydrogen-bond acceptors (Lipinski definition) is 5. The average Bonchev–Trinajstić information content (AvgIpc) is 2.25. The number of pyridine rings is 1. The van der Waals surface area contributed by atoms with Crippen LogP contribution in [0, 0.1) is 5.41 Å². The van der Waals surface area contributed by atoms with Crippen molar-refractivity contribution in [3.05, 3.63) is 18.3 Å². The lowest BCUT2D eigenvalue weighted by Crippen LogP contribution is -2.40. The molecule has 19 heavy (non-hydrogen) atoms. The topological polar surface area (TPSA) is 88.3 Å². The molecule has 6 nitrogen and oxygen atoms in total. The second-order valence-corrected chi connectivity index (χ2v) is 7.35. The van der Waals surface area contributed by atoms with Crippen LogP contribution in [0.4, 0.5) is 5.82 Å². The summed E-state index contributed by atoms with van der Waals surface area (Å²) in [6.45, 7) is 5.12. The lowest BCUT2D eigenvalue weighted by Gasteiger charge is -2.28. The Morgan fingerprint density at radius 1 is 1.42 bits per heavy atom. The number of nitrogens with two attached hydrogens (primary N) is 1. The molecule has 0 fully saturated rings. The molecule has 0 saturated heterocycles. The smallest absolute Gasteiger partial charge is 0.244 e. The first-order valence-corrected chi connectivity index (χ1v) is 7.47. The second kappa shape index (κ2) is 5.85. The molecule has 0 amide bonds. The number of nitrogens with one attached hydrogen (secondary N) is 1. The summed E-state index contributed by atoms with van der Waals surface area (Å²) >= 11 is 0. The molecule has 1 heterocycles. The summed E-state index contributed by atoms with van der Waals surface area (Å²) in [6.07, 6.45) is 1.46. The molecule has 1 rings (SSSR count). The van der Waals surface area contributed by atoms with Gasteiger partial charge in [0.2, 0.25) is 10.0 Å². The molecule has 0 aliphatic carbocycles. The van der Waals surface area contributed by atoms with E-state index in [-0.39, 0.29) is 16.1 Å². The fourth-order valence-corrected chi connectivity index (χ4v) is 3.23. The van der Waals surface area contributed by atoms with E-state index in [4.69, 9.17) is 5.73 Å². The normalized spacial score (nSPS) is 12.9. The van der Waals surface area contributed by atoms with E-state index < -0.39 is 10.0 Å². The van der Waals surface area contributed by atoms with Gasteiger partial charge in [-0.05, 0) is 31.6 Å². The Morgan fingerprint density at radius 2 is 2.05 bits per heavy atom. The van der Waals surface area contributed by atoms with Gasteiger partial charge >= 0.3 is 0 Å². The lowest BCUT2D eigenvalue weighted by atomic mass is 9.93. The molecule has 0 aliphatic rings. The first-order chi connectivity index (χ1) is 8.64. The molecule has 0 atom stereocenters. The van der Waals surface area contributed by atoms with Crippen LogP contribution in [-0.4, -0.2) is 45.5 Å². The number of nitrogen functional groups attached to an aromatic ring is 1. The highest BCUT2D eigenvalue weighted by Crippen LogP contribution is 2.18. The van der Waals surface area contributed by atoms with E-state index in [0.717, 1.165) is 6.54 Å².